The predicted molar refractivity (Wildman–Crippen MR) is 105 cm³/mol. The fourth-order valence-corrected chi connectivity index (χ4v) is 3.56. The Bertz CT molecular complexity index is 1010. The SMILES string of the molecule is O=C(NCCC1=CCCCC1)c1ccc2c(c1)ncn2-c1cccc(F)c1. The third kappa shape index (κ3) is 3.92. The molecule has 0 radical (unpaired) electrons. The first-order valence-electron chi connectivity index (χ1n) is 9.40. The van der Waals surface area contributed by atoms with E-state index in [2.05, 4.69) is 16.4 Å². The Balaban J connectivity index is 1.47. The van der Waals surface area contributed by atoms with Gasteiger partial charge < -0.3 is 5.32 Å². The largest absolute Gasteiger partial charge is 0.352 e. The van der Waals surface area contributed by atoms with Gasteiger partial charge in [0.15, 0.2) is 0 Å². The second-order valence-corrected chi connectivity index (χ2v) is 6.91. The first-order chi connectivity index (χ1) is 13.2. The Morgan fingerprint density at radius 3 is 2.93 bits per heavy atom. The first-order valence-corrected chi connectivity index (χ1v) is 9.40. The van der Waals surface area contributed by atoms with Crippen LogP contribution in [0.3, 0.4) is 0 Å². The Morgan fingerprint density at radius 2 is 2.11 bits per heavy atom. The number of imidazole rings is 1. The third-order valence-corrected chi connectivity index (χ3v) is 5.01. The lowest BCUT2D eigenvalue weighted by atomic mass is 9.97. The van der Waals surface area contributed by atoms with E-state index in [0.29, 0.717) is 23.3 Å². The summed E-state index contributed by atoms with van der Waals surface area (Å²) in [5.74, 6) is -0.382. The average Bonchev–Trinajstić information content (AvgIpc) is 3.12. The molecule has 0 unspecified atom stereocenters. The van der Waals surface area contributed by atoms with Crippen LogP contribution in [0.25, 0.3) is 16.7 Å². The monoisotopic (exact) mass is 363 g/mol. The highest BCUT2D eigenvalue weighted by molar-refractivity contribution is 5.97. The van der Waals surface area contributed by atoms with Crippen molar-refractivity contribution in [2.75, 3.05) is 6.54 Å². The van der Waals surface area contributed by atoms with Gasteiger partial charge in [0.05, 0.1) is 16.7 Å². The number of nitrogens with one attached hydrogen (secondary N) is 1. The molecule has 0 fully saturated rings. The number of hydrogen-bond acceptors (Lipinski definition) is 2. The highest BCUT2D eigenvalue weighted by atomic mass is 19.1. The summed E-state index contributed by atoms with van der Waals surface area (Å²) in [7, 11) is 0. The fourth-order valence-electron chi connectivity index (χ4n) is 3.56. The molecule has 4 nitrogen and oxygen atoms in total. The Kier molecular flexibility index (Phi) is 5.01. The number of benzene rings is 2. The number of amides is 1. The van der Waals surface area contributed by atoms with Crippen LogP contribution < -0.4 is 5.32 Å². The molecule has 138 valence electrons. The van der Waals surface area contributed by atoms with Crippen molar-refractivity contribution in [2.45, 2.75) is 32.1 Å². The molecule has 1 aliphatic rings. The van der Waals surface area contributed by atoms with E-state index in [-0.39, 0.29) is 11.7 Å². The Morgan fingerprint density at radius 1 is 1.19 bits per heavy atom. The zero-order valence-corrected chi connectivity index (χ0v) is 15.1. The van der Waals surface area contributed by atoms with E-state index in [4.69, 9.17) is 0 Å². The molecule has 27 heavy (non-hydrogen) atoms. The topological polar surface area (TPSA) is 46.9 Å². The molecule has 1 aliphatic carbocycles. The number of fused-ring (bicyclic) bond motifs is 1. The van der Waals surface area contributed by atoms with Gasteiger partial charge in [0, 0.05) is 12.1 Å². The summed E-state index contributed by atoms with van der Waals surface area (Å²) in [6, 6.07) is 11.8. The van der Waals surface area contributed by atoms with E-state index in [1.54, 1.807) is 24.5 Å². The van der Waals surface area contributed by atoms with Crippen LogP contribution >= 0.6 is 0 Å². The fraction of sp³-hybridized carbons (Fsp3) is 0.273. The molecule has 0 saturated carbocycles. The van der Waals surface area contributed by atoms with Crippen LogP contribution in [-0.2, 0) is 0 Å². The average molecular weight is 363 g/mol. The number of rotatable bonds is 5. The lowest BCUT2D eigenvalue weighted by molar-refractivity contribution is 0.0954. The van der Waals surface area contributed by atoms with Crippen molar-refractivity contribution in [3.8, 4) is 5.69 Å². The lowest BCUT2D eigenvalue weighted by Crippen LogP contribution is -2.24. The number of aromatic nitrogens is 2. The van der Waals surface area contributed by atoms with E-state index in [9.17, 15) is 9.18 Å². The molecule has 1 aromatic heterocycles. The van der Waals surface area contributed by atoms with Gasteiger partial charge in [-0.25, -0.2) is 9.37 Å². The molecular weight excluding hydrogens is 341 g/mol. The van der Waals surface area contributed by atoms with Crippen molar-refractivity contribution in [1.29, 1.82) is 0 Å². The highest BCUT2D eigenvalue weighted by Gasteiger charge is 2.11. The van der Waals surface area contributed by atoms with Gasteiger partial charge in [-0.3, -0.25) is 9.36 Å². The van der Waals surface area contributed by atoms with Crippen LogP contribution in [0.1, 0.15) is 42.5 Å². The Labute approximate surface area is 157 Å². The summed E-state index contributed by atoms with van der Waals surface area (Å²) in [5, 5.41) is 2.99. The minimum absolute atomic E-state index is 0.0892. The zero-order chi connectivity index (χ0) is 18.6. The van der Waals surface area contributed by atoms with Crippen molar-refractivity contribution in [3.63, 3.8) is 0 Å². The minimum atomic E-state index is -0.293. The molecule has 5 heteroatoms. The Hall–Kier alpha value is -2.95. The molecule has 1 N–H and O–H groups in total. The first kappa shape index (κ1) is 17.5. The summed E-state index contributed by atoms with van der Waals surface area (Å²) in [5.41, 5.74) is 4.29. The van der Waals surface area contributed by atoms with Gasteiger partial charge in [0.1, 0.15) is 12.1 Å². The van der Waals surface area contributed by atoms with E-state index in [1.165, 1.54) is 30.5 Å². The van der Waals surface area contributed by atoms with E-state index < -0.39 is 0 Å². The molecule has 0 aliphatic heterocycles. The summed E-state index contributed by atoms with van der Waals surface area (Å²) < 4.78 is 15.3. The normalized spacial score (nSPS) is 14.2. The van der Waals surface area contributed by atoms with Gasteiger partial charge in [-0.05, 0) is 68.5 Å². The van der Waals surface area contributed by atoms with Crippen LogP contribution in [0.4, 0.5) is 4.39 Å². The number of allylic oxidation sites excluding steroid dienone is 1. The van der Waals surface area contributed by atoms with Crippen LogP contribution in [0.15, 0.2) is 60.4 Å². The van der Waals surface area contributed by atoms with Gasteiger partial charge in [0.25, 0.3) is 5.91 Å². The van der Waals surface area contributed by atoms with Gasteiger partial charge in [-0.15, -0.1) is 0 Å². The highest BCUT2D eigenvalue weighted by Crippen LogP contribution is 2.21. The van der Waals surface area contributed by atoms with E-state index in [0.717, 1.165) is 24.8 Å². The van der Waals surface area contributed by atoms with Gasteiger partial charge in [-0.2, -0.15) is 0 Å². The van der Waals surface area contributed by atoms with Crippen molar-refractivity contribution < 1.29 is 9.18 Å². The van der Waals surface area contributed by atoms with Crippen LogP contribution in [0, 0.1) is 5.82 Å². The predicted octanol–water partition coefficient (Wildman–Crippen LogP) is 4.78. The second kappa shape index (κ2) is 7.74. The summed E-state index contributed by atoms with van der Waals surface area (Å²) >= 11 is 0. The molecular formula is C22H22FN3O. The van der Waals surface area contributed by atoms with E-state index in [1.807, 2.05) is 16.7 Å². The molecule has 0 saturated heterocycles. The third-order valence-electron chi connectivity index (χ3n) is 5.01. The van der Waals surface area contributed by atoms with Gasteiger partial charge in [-0.1, -0.05) is 17.7 Å². The number of hydrogen-bond donors (Lipinski definition) is 1. The van der Waals surface area contributed by atoms with Crippen molar-refractivity contribution >= 4 is 16.9 Å². The minimum Gasteiger partial charge on any atom is -0.352 e. The van der Waals surface area contributed by atoms with Crippen molar-refractivity contribution in [1.82, 2.24) is 14.9 Å². The van der Waals surface area contributed by atoms with Crippen LogP contribution in [-0.4, -0.2) is 22.0 Å². The maximum absolute atomic E-state index is 13.5. The number of carbonyl (C=O) groups is 1. The molecule has 0 atom stereocenters. The number of nitrogens with zero attached hydrogens (tertiary/aromatic N) is 2. The zero-order valence-electron chi connectivity index (χ0n) is 15.1. The van der Waals surface area contributed by atoms with E-state index >= 15 is 0 Å². The summed E-state index contributed by atoms with van der Waals surface area (Å²) in [6.45, 7) is 0.653. The maximum Gasteiger partial charge on any atom is 0.251 e. The molecule has 1 heterocycles. The van der Waals surface area contributed by atoms with Crippen LogP contribution in [0.5, 0.6) is 0 Å². The standard InChI is InChI=1S/C22H22FN3O/c23-18-7-4-8-19(14-18)26-15-25-20-13-17(9-10-21(20)26)22(27)24-12-11-16-5-2-1-3-6-16/h4-5,7-10,13-15H,1-3,6,11-12H2,(H,24,27). The summed E-state index contributed by atoms with van der Waals surface area (Å²) in [4.78, 5) is 16.8. The maximum atomic E-state index is 13.5. The molecule has 3 aromatic rings. The summed E-state index contributed by atoms with van der Waals surface area (Å²) in [6.07, 6.45) is 9.72. The van der Waals surface area contributed by atoms with Gasteiger partial charge >= 0.3 is 0 Å². The lowest BCUT2D eigenvalue weighted by Gasteiger charge is -2.13. The number of halogens is 1. The van der Waals surface area contributed by atoms with Crippen LogP contribution in [0.2, 0.25) is 0 Å². The van der Waals surface area contributed by atoms with Gasteiger partial charge in [0.2, 0.25) is 0 Å². The molecule has 2 aromatic carbocycles. The van der Waals surface area contributed by atoms with Crippen molar-refractivity contribution in [2.24, 2.45) is 0 Å². The second-order valence-electron chi connectivity index (χ2n) is 6.91. The number of carbonyl (C=O) groups excluding carboxylic acids is 1. The molecule has 0 bridgehead atoms. The molecule has 1 amide bonds. The molecule has 0 spiro atoms. The quantitative estimate of drug-likeness (QED) is 0.663. The molecule has 4 rings (SSSR count). The smallest absolute Gasteiger partial charge is 0.251 e. The van der Waals surface area contributed by atoms with Crippen molar-refractivity contribution in [3.05, 3.63) is 71.8 Å².